The molecule has 0 aliphatic heterocycles. The molecule has 1 heterocycles. The monoisotopic (exact) mass is 515 g/mol. The van der Waals surface area contributed by atoms with Crippen LogP contribution in [0.5, 0.6) is 0 Å². The van der Waals surface area contributed by atoms with Crippen LogP contribution in [-0.4, -0.2) is 36.6 Å². The number of alkyl halides is 6. The van der Waals surface area contributed by atoms with Crippen LogP contribution in [0.1, 0.15) is 18.3 Å². The summed E-state index contributed by atoms with van der Waals surface area (Å²) in [6, 6.07) is 8.47. The van der Waals surface area contributed by atoms with Crippen LogP contribution in [0.3, 0.4) is 0 Å². The van der Waals surface area contributed by atoms with E-state index < -0.39 is 33.5 Å². The first-order valence-corrected chi connectivity index (χ1v) is 11.7. The van der Waals surface area contributed by atoms with Gasteiger partial charge in [0.15, 0.2) is 9.84 Å². The first-order chi connectivity index (χ1) is 16.2. The van der Waals surface area contributed by atoms with Crippen molar-refractivity contribution in [3.63, 3.8) is 0 Å². The molecule has 0 bridgehead atoms. The second-order valence-electron chi connectivity index (χ2n) is 7.47. The van der Waals surface area contributed by atoms with Gasteiger partial charge in [0.1, 0.15) is 11.5 Å². The fourth-order valence-corrected chi connectivity index (χ4v) is 4.39. The third-order valence-electron chi connectivity index (χ3n) is 5.16. The molecule has 1 aromatic heterocycles. The minimum absolute atomic E-state index is 0.0929. The maximum absolute atomic E-state index is 13.0. The maximum atomic E-state index is 13.0. The number of aryl methyl sites for hydroxylation is 1. The van der Waals surface area contributed by atoms with Crippen LogP contribution in [0.25, 0.3) is 28.5 Å². The second kappa shape index (κ2) is 9.33. The third-order valence-corrected chi connectivity index (χ3v) is 6.93. The van der Waals surface area contributed by atoms with Gasteiger partial charge >= 0.3 is 12.4 Å². The smallest absolute Gasteiger partial charge is 0.334 e. The fourth-order valence-electron chi connectivity index (χ4n) is 3.26. The van der Waals surface area contributed by atoms with E-state index in [1.165, 1.54) is 55.1 Å². The summed E-state index contributed by atoms with van der Waals surface area (Å²) >= 11 is 0. The molecule has 186 valence electrons. The van der Waals surface area contributed by atoms with Crippen molar-refractivity contribution in [2.75, 3.05) is 5.75 Å². The summed E-state index contributed by atoms with van der Waals surface area (Å²) in [5, 5.41) is 0. The summed E-state index contributed by atoms with van der Waals surface area (Å²) in [6.07, 6.45) is -7.23. The number of halogens is 6. The van der Waals surface area contributed by atoms with Crippen LogP contribution in [-0.2, 0) is 23.1 Å². The average molecular weight is 515 g/mol. The van der Waals surface area contributed by atoms with Gasteiger partial charge in [0.05, 0.1) is 21.9 Å². The molecule has 2 aromatic carbocycles. The Labute approximate surface area is 197 Å². The number of rotatable bonds is 6. The van der Waals surface area contributed by atoms with Crippen molar-refractivity contribution in [3.05, 3.63) is 65.7 Å². The van der Waals surface area contributed by atoms with E-state index in [1.807, 2.05) is 0 Å². The Balaban J connectivity index is 2.14. The van der Waals surface area contributed by atoms with Crippen molar-refractivity contribution in [2.24, 2.45) is 12.0 Å². The van der Waals surface area contributed by atoms with E-state index in [1.54, 1.807) is 0 Å². The number of hydrogen-bond acceptors (Lipinski definition) is 4. The van der Waals surface area contributed by atoms with Crippen molar-refractivity contribution in [2.45, 2.75) is 24.2 Å². The van der Waals surface area contributed by atoms with E-state index >= 15 is 0 Å². The Hall–Kier alpha value is -3.41. The second-order valence-corrected chi connectivity index (χ2v) is 9.72. The third kappa shape index (κ3) is 5.64. The molecule has 35 heavy (non-hydrogen) atoms. The van der Waals surface area contributed by atoms with Crippen LogP contribution in [0, 0.1) is 0 Å². The van der Waals surface area contributed by atoms with E-state index in [4.69, 9.17) is 0 Å². The van der Waals surface area contributed by atoms with Crippen molar-refractivity contribution in [1.82, 2.24) is 9.55 Å². The molecular formula is C23H19F6N3O2S. The molecule has 0 radical (unpaired) electrons. The van der Waals surface area contributed by atoms with E-state index in [2.05, 4.69) is 16.7 Å². The number of nitrogens with zero attached hydrogens (tertiary/aromatic N) is 3. The minimum atomic E-state index is -4.76. The van der Waals surface area contributed by atoms with Crippen LogP contribution < -0.4 is 0 Å². The highest BCUT2D eigenvalue weighted by Gasteiger charge is 2.34. The predicted octanol–water partition coefficient (Wildman–Crippen LogP) is 6.17. The van der Waals surface area contributed by atoms with Crippen molar-refractivity contribution >= 4 is 22.6 Å². The summed E-state index contributed by atoms with van der Waals surface area (Å²) in [4.78, 5) is 6.97. The van der Waals surface area contributed by atoms with Gasteiger partial charge in [-0.05, 0) is 36.0 Å². The predicted molar refractivity (Wildman–Crippen MR) is 120 cm³/mol. The number of aliphatic imine (C=N–C) groups is 1. The van der Waals surface area contributed by atoms with E-state index in [0.717, 1.165) is 12.1 Å². The zero-order valence-electron chi connectivity index (χ0n) is 18.4. The fraction of sp³-hybridized carbons (Fsp3) is 0.217. The van der Waals surface area contributed by atoms with Crippen LogP contribution >= 0.6 is 0 Å². The minimum Gasteiger partial charge on any atom is -0.334 e. The molecule has 0 unspecified atom stereocenters. The van der Waals surface area contributed by atoms with Gasteiger partial charge in [-0.25, -0.2) is 13.4 Å². The van der Waals surface area contributed by atoms with E-state index in [-0.39, 0.29) is 27.7 Å². The number of benzene rings is 2. The lowest BCUT2D eigenvalue weighted by atomic mass is 10.0. The van der Waals surface area contributed by atoms with Crippen LogP contribution in [0.4, 0.5) is 26.3 Å². The standard InChI is InChI=1S/C23H19F6N3O2S/c1-4-35(33,34)19-11-15(14-5-8-16(9-6-14)22(24,25)26)7-10-17(19)18-13-32(3)21(31-18)12-20(30-2)23(27,28)29/h5-13H,2,4H2,1,3H3/b20-12-. The van der Waals surface area contributed by atoms with Gasteiger partial charge in [0.2, 0.25) is 0 Å². The van der Waals surface area contributed by atoms with E-state index in [0.29, 0.717) is 17.2 Å². The molecule has 0 amide bonds. The molecule has 0 spiro atoms. The molecule has 0 fully saturated rings. The lowest BCUT2D eigenvalue weighted by molar-refractivity contribution is -0.137. The van der Waals surface area contributed by atoms with Gasteiger partial charge in [0, 0.05) is 24.9 Å². The Kier molecular flexibility index (Phi) is 6.98. The van der Waals surface area contributed by atoms with Crippen molar-refractivity contribution < 1.29 is 34.8 Å². The lowest BCUT2D eigenvalue weighted by Crippen LogP contribution is -2.10. The first kappa shape index (κ1) is 26.2. The topological polar surface area (TPSA) is 64.3 Å². The van der Waals surface area contributed by atoms with Crippen LogP contribution in [0.2, 0.25) is 0 Å². The average Bonchev–Trinajstić information content (AvgIpc) is 3.15. The SMILES string of the molecule is C=N/C(=C\c1nc(-c2ccc(-c3ccc(C(F)(F)F)cc3)cc2S(=O)(=O)CC)cn1C)C(F)(F)F. The zero-order chi connectivity index (χ0) is 26.2. The molecule has 0 aliphatic rings. The normalized spacial score (nSPS) is 13.2. The zero-order valence-corrected chi connectivity index (χ0v) is 19.3. The number of imidazole rings is 1. The highest BCUT2D eigenvalue weighted by atomic mass is 32.2. The molecule has 5 nitrogen and oxygen atoms in total. The summed E-state index contributed by atoms with van der Waals surface area (Å²) in [7, 11) is -2.41. The highest BCUT2D eigenvalue weighted by Crippen LogP contribution is 2.35. The maximum Gasteiger partial charge on any atom is 0.433 e. The Morgan fingerprint density at radius 2 is 1.66 bits per heavy atom. The molecular weight excluding hydrogens is 496 g/mol. The van der Waals surface area contributed by atoms with Gasteiger partial charge in [-0.2, -0.15) is 26.3 Å². The molecule has 0 atom stereocenters. The molecule has 0 saturated carbocycles. The van der Waals surface area contributed by atoms with Crippen molar-refractivity contribution in [3.8, 4) is 22.4 Å². The van der Waals surface area contributed by atoms with E-state index in [9.17, 15) is 34.8 Å². The van der Waals surface area contributed by atoms with Gasteiger partial charge in [-0.1, -0.05) is 31.2 Å². The number of allylic oxidation sites excluding steroid dienone is 1. The van der Waals surface area contributed by atoms with Crippen molar-refractivity contribution in [1.29, 1.82) is 0 Å². The Morgan fingerprint density at radius 3 is 2.17 bits per heavy atom. The molecule has 12 heteroatoms. The summed E-state index contributed by atoms with van der Waals surface area (Å²) in [6.45, 7) is 4.33. The van der Waals surface area contributed by atoms with Gasteiger partial charge in [-0.15, -0.1) is 0 Å². The van der Waals surface area contributed by atoms with Crippen LogP contribution in [0.15, 0.2) is 64.2 Å². The Morgan fingerprint density at radius 1 is 1.06 bits per heavy atom. The molecule has 0 aliphatic carbocycles. The molecule has 3 rings (SSSR count). The first-order valence-electron chi connectivity index (χ1n) is 10.0. The molecule has 0 N–H and O–H groups in total. The largest absolute Gasteiger partial charge is 0.433 e. The number of sulfone groups is 1. The van der Waals surface area contributed by atoms with Gasteiger partial charge in [0.25, 0.3) is 0 Å². The quantitative estimate of drug-likeness (QED) is 0.291. The number of hydrogen-bond donors (Lipinski definition) is 0. The molecule has 3 aromatic rings. The summed E-state index contributed by atoms with van der Waals surface area (Å²) in [5.74, 6) is -0.416. The summed E-state index contributed by atoms with van der Waals surface area (Å²) < 4.78 is 105. The molecule has 0 saturated heterocycles. The van der Waals surface area contributed by atoms with Gasteiger partial charge < -0.3 is 4.57 Å². The summed E-state index contributed by atoms with van der Waals surface area (Å²) in [5.41, 5.74) is -1.18. The Bertz CT molecular complexity index is 1390. The van der Waals surface area contributed by atoms with Gasteiger partial charge in [-0.3, -0.25) is 4.99 Å². The lowest BCUT2D eigenvalue weighted by Gasteiger charge is -2.12. The highest BCUT2D eigenvalue weighted by molar-refractivity contribution is 7.91. The number of aromatic nitrogens is 2.